The Balaban J connectivity index is 1.56. The highest BCUT2D eigenvalue weighted by Crippen LogP contribution is 2.67. The number of aliphatic hydroxyl groups excluding tert-OH is 3. The number of aliphatic hydroxyl groups is 3. The van der Waals surface area contributed by atoms with Gasteiger partial charge in [-0.1, -0.05) is 46.3 Å². The van der Waals surface area contributed by atoms with Crippen LogP contribution in [0.25, 0.3) is 0 Å². The molecule has 0 amide bonds. The fraction of sp³-hybridized carbons (Fsp3) is 0.926. The van der Waals surface area contributed by atoms with Crippen molar-refractivity contribution >= 4 is 0 Å². The van der Waals surface area contributed by atoms with Crippen molar-refractivity contribution in [1.29, 1.82) is 0 Å². The van der Waals surface area contributed by atoms with Crippen molar-refractivity contribution in [2.75, 3.05) is 0 Å². The fourth-order valence-electron chi connectivity index (χ4n) is 8.65. The second-order valence-corrected chi connectivity index (χ2v) is 12.4. The van der Waals surface area contributed by atoms with Crippen molar-refractivity contribution in [2.24, 2.45) is 46.3 Å². The van der Waals surface area contributed by atoms with Crippen LogP contribution in [0.1, 0.15) is 92.4 Å². The van der Waals surface area contributed by atoms with Crippen molar-refractivity contribution in [3.05, 3.63) is 11.6 Å². The topological polar surface area (TPSA) is 60.7 Å². The van der Waals surface area contributed by atoms with Crippen molar-refractivity contribution in [2.45, 2.75) is 111 Å². The van der Waals surface area contributed by atoms with E-state index in [0.717, 1.165) is 44.9 Å². The maximum Gasteiger partial charge on any atom is 0.0580 e. The van der Waals surface area contributed by atoms with Gasteiger partial charge in [0.25, 0.3) is 0 Å². The third-order valence-electron chi connectivity index (χ3n) is 10.4. The molecule has 4 rings (SSSR count). The molecule has 3 fully saturated rings. The van der Waals surface area contributed by atoms with Gasteiger partial charge in [-0.3, -0.25) is 0 Å². The lowest BCUT2D eigenvalue weighted by molar-refractivity contribution is -0.0768. The van der Waals surface area contributed by atoms with E-state index in [9.17, 15) is 15.3 Å². The molecule has 0 heterocycles. The predicted octanol–water partition coefficient (Wildman–Crippen LogP) is 5.33. The molecule has 10 atom stereocenters. The normalized spacial score (nSPS) is 47.8. The minimum atomic E-state index is -0.310. The average Bonchev–Trinajstić information content (AvgIpc) is 2.96. The molecule has 30 heavy (non-hydrogen) atoms. The molecule has 0 radical (unpaired) electrons. The summed E-state index contributed by atoms with van der Waals surface area (Å²) in [6.45, 7) is 11.5. The molecule has 3 nitrogen and oxygen atoms in total. The number of hydrogen-bond donors (Lipinski definition) is 3. The van der Waals surface area contributed by atoms with E-state index in [4.69, 9.17) is 0 Å². The lowest BCUT2D eigenvalue weighted by Gasteiger charge is -2.58. The van der Waals surface area contributed by atoms with E-state index in [1.54, 1.807) is 0 Å². The van der Waals surface area contributed by atoms with Gasteiger partial charge in [-0.05, 0) is 104 Å². The third-order valence-corrected chi connectivity index (χ3v) is 10.4. The maximum absolute atomic E-state index is 11.2. The Morgan fingerprint density at radius 2 is 1.77 bits per heavy atom. The van der Waals surface area contributed by atoms with E-state index in [-0.39, 0.29) is 41.0 Å². The first-order valence-corrected chi connectivity index (χ1v) is 12.8. The van der Waals surface area contributed by atoms with Crippen LogP contribution in [0.2, 0.25) is 0 Å². The van der Waals surface area contributed by atoms with Gasteiger partial charge in [0.15, 0.2) is 0 Å². The molecule has 0 unspecified atom stereocenters. The van der Waals surface area contributed by atoms with Gasteiger partial charge in [-0.25, -0.2) is 0 Å². The fourth-order valence-corrected chi connectivity index (χ4v) is 8.65. The van der Waals surface area contributed by atoms with Crippen LogP contribution in [0.5, 0.6) is 0 Å². The Kier molecular flexibility index (Phi) is 6.23. The number of allylic oxidation sites excluding steroid dienone is 1. The first-order valence-electron chi connectivity index (χ1n) is 12.8. The highest BCUT2D eigenvalue weighted by molar-refractivity contribution is 5.25. The third kappa shape index (κ3) is 3.61. The zero-order chi connectivity index (χ0) is 21.8. The van der Waals surface area contributed by atoms with Gasteiger partial charge in [0.1, 0.15) is 0 Å². The van der Waals surface area contributed by atoms with E-state index in [0.29, 0.717) is 23.7 Å². The quantitative estimate of drug-likeness (QED) is 0.529. The van der Waals surface area contributed by atoms with Crippen LogP contribution >= 0.6 is 0 Å². The second kappa shape index (κ2) is 8.19. The molecule has 0 aromatic heterocycles. The lowest BCUT2D eigenvalue weighted by Crippen LogP contribution is -2.51. The van der Waals surface area contributed by atoms with Crippen LogP contribution in [-0.2, 0) is 0 Å². The van der Waals surface area contributed by atoms with Crippen LogP contribution in [0.4, 0.5) is 0 Å². The van der Waals surface area contributed by atoms with Crippen LogP contribution in [0.3, 0.4) is 0 Å². The van der Waals surface area contributed by atoms with Gasteiger partial charge in [0.05, 0.1) is 18.3 Å². The van der Waals surface area contributed by atoms with Crippen molar-refractivity contribution < 1.29 is 15.3 Å². The zero-order valence-electron chi connectivity index (χ0n) is 20.0. The van der Waals surface area contributed by atoms with E-state index in [1.165, 1.54) is 18.4 Å². The SMILES string of the molecule is CC(C)CC[C@H](O)[C@@H](C)[C@H]1[C@H](O)C[C@H]2[C@@H]3CC=C4C[C@@H](O)CC[C@]4(C)[C@H]3CC[C@]12C. The summed E-state index contributed by atoms with van der Waals surface area (Å²) >= 11 is 0. The first-order chi connectivity index (χ1) is 14.1. The molecule has 0 aromatic rings. The van der Waals surface area contributed by atoms with Gasteiger partial charge < -0.3 is 15.3 Å². The molecule has 3 N–H and O–H groups in total. The summed E-state index contributed by atoms with van der Waals surface area (Å²) in [4.78, 5) is 0. The van der Waals surface area contributed by atoms with Crippen LogP contribution in [0, 0.1) is 46.3 Å². The van der Waals surface area contributed by atoms with Gasteiger partial charge >= 0.3 is 0 Å². The summed E-state index contributed by atoms with van der Waals surface area (Å²) < 4.78 is 0. The summed E-state index contributed by atoms with van der Waals surface area (Å²) in [6.07, 6.45) is 11.0. The van der Waals surface area contributed by atoms with E-state index in [1.807, 2.05) is 0 Å². The maximum atomic E-state index is 11.2. The summed E-state index contributed by atoms with van der Waals surface area (Å²) in [5.74, 6) is 2.86. The lowest BCUT2D eigenvalue weighted by atomic mass is 9.47. The molecular formula is C27H46O3. The summed E-state index contributed by atoms with van der Waals surface area (Å²) in [7, 11) is 0. The van der Waals surface area contributed by atoms with Gasteiger partial charge in [-0.15, -0.1) is 0 Å². The predicted molar refractivity (Wildman–Crippen MR) is 122 cm³/mol. The highest BCUT2D eigenvalue weighted by Gasteiger charge is 2.62. The second-order valence-electron chi connectivity index (χ2n) is 12.4. The van der Waals surface area contributed by atoms with Crippen LogP contribution in [0.15, 0.2) is 11.6 Å². The zero-order valence-corrected chi connectivity index (χ0v) is 20.0. The smallest absolute Gasteiger partial charge is 0.0580 e. The monoisotopic (exact) mass is 418 g/mol. The average molecular weight is 419 g/mol. The molecule has 4 aliphatic rings. The number of hydrogen-bond acceptors (Lipinski definition) is 3. The van der Waals surface area contributed by atoms with Gasteiger partial charge in [-0.2, -0.15) is 0 Å². The minimum absolute atomic E-state index is 0.134. The van der Waals surface area contributed by atoms with Crippen LogP contribution in [-0.4, -0.2) is 33.6 Å². The number of rotatable bonds is 5. The largest absolute Gasteiger partial charge is 0.393 e. The number of fused-ring (bicyclic) bond motifs is 5. The first kappa shape index (κ1) is 22.8. The molecular weight excluding hydrogens is 372 g/mol. The molecule has 0 aliphatic heterocycles. The molecule has 4 aliphatic carbocycles. The van der Waals surface area contributed by atoms with Gasteiger partial charge in [0.2, 0.25) is 0 Å². The molecule has 3 saturated carbocycles. The Morgan fingerprint density at radius 3 is 2.47 bits per heavy atom. The van der Waals surface area contributed by atoms with Gasteiger partial charge in [0, 0.05) is 0 Å². The van der Waals surface area contributed by atoms with E-state index in [2.05, 4.69) is 40.7 Å². The van der Waals surface area contributed by atoms with Crippen molar-refractivity contribution in [3.63, 3.8) is 0 Å². The minimum Gasteiger partial charge on any atom is -0.393 e. The van der Waals surface area contributed by atoms with E-state index < -0.39 is 0 Å². The summed E-state index contributed by atoms with van der Waals surface area (Å²) in [6, 6.07) is 0. The Hall–Kier alpha value is -0.380. The highest BCUT2D eigenvalue weighted by atomic mass is 16.3. The molecule has 3 heteroatoms. The molecule has 172 valence electrons. The Labute approximate surface area is 184 Å². The van der Waals surface area contributed by atoms with Crippen LogP contribution < -0.4 is 0 Å². The molecule has 0 spiro atoms. The molecule has 0 aromatic carbocycles. The summed E-state index contributed by atoms with van der Waals surface area (Å²) in [5, 5.41) is 32.4. The summed E-state index contributed by atoms with van der Waals surface area (Å²) in [5.41, 5.74) is 1.89. The van der Waals surface area contributed by atoms with Crippen molar-refractivity contribution in [1.82, 2.24) is 0 Å². The standard InChI is InChI=1S/C27H46O3/c1-16(2)6-9-23(29)17(3)25-24(30)15-22-20-8-7-18-14-19(28)10-12-26(18,4)21(20)11-13-27(22,25)5/h7,16-17,19-25,28-30H,6,8-15H2,1-5H3/t17-,19+,20-,21+,22+,23+,24-,25+,26+,27+/m1/s1. The Bertz CT molecular complexity index is 656. The molecule has 0 saturated heterocycles. The van der Waals surface area contributed by atoms with Crippen molar-refractivity contribution in [3.8, 4) is 0 Å². The Morgan fingerprint density at radius 1 is 1.03 bits per heavy atom. The van der Waals surface area contributed by atoms with E-state index >= 15 is 0 Å². The molecule has 0 bridgehead atoms.